The lowest BCUT2D eigenvalue weighted by atomic mass is 10.1. The predicted molar refractivity (Wildman–Crippen MR) is 106 cm³/mol. The summed E-state index contributed by atoms with van der Waals surface area (Å²) in [6.45, 7) is -0.228. The Balaban J connectivity index is 2.21. The fraction of sp³-hybridized carbons (Fsp3) is 0.150. The van der Waals surface area contributed by atoms with Crippen LogP contribution in [0.2, 0.25) is 0 Å². The maximum absolute atomic E-state index is 12.3. The van der Waals surface area contributed by atoms with Crippen LogP contribution in [0.3, 0.4) is 0 Å². The standard InChI is InChI=1S/C20H17BrN2O5/c1-27-17-8-14(16(21)9-18(17)28-12-19(24)25)7-15(10-22)20(26)23-11-13-5-3-2-4-6-13/h2-9H,11-12H2,1H3,(H,23,26)(H,24,25). The van der Waals surface area contributed by atoms with E-state index in [0.717, 1.165) is 5.56 Å². The number of carbonyl (C=O) groups is 2. The molecule has 0 fully saturated rings. The SMILES string of the molecule is COc1cc(C=C(C#N)C(=O)NCc2ccccc2)c(Br)cc1OCC(=O)O. The van der Waals surface area contributed by atoms with Crippen LogP contribution in [0.4, 0.5) is 0 Å². The van der Waals surface area contributed by atoms with Crippen molar-refractivity contribution in [2.45, 2.75) is 6.54 Å². The molecule has 28 heavy (non-hydrogen) atoms. The van der Waals surface area contributed by atoms with E-state index in [9.17, 15) is 14.9 Å². The molecule has 8 heteroatoms. The number of methoxy groups -OCH3 is 1. The quantitative estimate of drug-likeness (QED) is 0.478. The molecule has 0 aromatic heterocycles. The number of carboxylic acids is 1. The number of benzene rings is 2. The van der Waals surface area contributed by atoms with Crippen LogP contribution in [0.15, 0.2) is 52.5 Å². The van der Waals surface area contributed by atoms with Gasteiger partial charge in [0.25, 0.3) is 5.91 Å². The van der Waals surface area contributed by atoms with Crippen molar-refractivity contribution in [1.82, 2.24) is 5.32 Å². The molecule has 0 aliphatic rings. The molecule has 2 N–H and O–H groups in total. The lowest BCUT2D eigenvalue weighted by Gasteiger charge is -2.12. The zero-order chi connectivity index (χ0) is 20.5. The Morgan fingerprint density at radius 1 is 1.25 bits per heavy atom. The fourth-order valence-corrected chi connectivity index (χ4v) is 2.69. The molecule has 0 unspecified atom stereocenters. The first-order valence-corrected chi connectivity index (χ1v) is 8.90. The molecule has 0 radical (unpaired) electrons. The lowest BCUT2D eigenvalue weighted by Crippen LogP contribution is -2.23. The zero-order valence-electron chi connectivity index (χ0n) is 14.9. The lowest BCUT2D eigenvalue weighted by molar-refractivity contribution is -0.139. The molecule has 7 nitrogen and oxygen atoms in total. The highest BCUT2D eigenvalue weighted by atomic mass is 79.9. The number of rotatable bonds is 8. The Bertz CT molecular complexity index is 936. The summed E-state index contributed by atoms with van der Waals surface area (Å²) in [6.07, 6.45) is 1.41. The van der Waals surface area contributed by atoms with Gasteiger partial charge in [-0.1, -0.05) is 46.3 Å². The van der Waals surface area contributed by atoms with Crippen molar-refractivity contribution in [1.29, 1.82) is 5.26 Å². The first-order chi connectivity index (χ1) is 13.4. The molecule has 0 aliphatic carbocycles. The number of halogens is 1. The zero-order valence-corrected chi connectivity index (χ0v) is 16.5. The number of ether oxygens (including phenoxy) is 2. The number of carbonyl (C=O) groups excluding carboxylic acids is 1. The van der Waals surface area contributed by atoms with Crippen LogP contribution >= 0.6 is 15.9 Å². The molecule has 0 bridgehead atoms. The monoisotopic (exact) mass is 444 g/mol. The maximum Gasteiger partial charge on any atom is 0.341 e. The second kappa shape index (κ2) is 10.1. The minimum absolute atomic E-state index is 0.0853. The largest absolute Gasteiger partial charge is 0.493 e. The van der Waals surface area contributed by atoms with E-state index in [0.29, 0.717) is 16.6 Å². The highest BCUT2D eigenvalue weighted by Gasteiger charge is 2.14. The Morgan fingerprint density at radius 3 is 2.57 bits per heavy atom. The Hall–Kier alpha value is -3.31. The van der Waals surface area contributed by atoms with E-state index < -0.39 is 18.5 Å². The predicted octanol–water partition coefficient (Wildman–Crippen LogP) is 3.14. The molecule has 0 spiro atoms. The summed E-state index contributed by atoms with van der Waals surface area (Å²) < 4.78 is 10.9. The van der Waals surface area contributed by atoms with E-state index in [4.69, 9.17) is 14.6 Å². The number of nitriles is 1. The molecule has 0 saturated carbocycles. The molecule has 0 saturated heterocycles. The van der Waals surface area contributed by atoms with Gasteiger partial charge in [0.2, 0.25) is 0 Å². The van der Waals surface area contributed by atoms with Gasteiger partial charge in [-0.3, -0.25) is 4.79 Å². The first kappa shape index (κ1) is 21.0. The van der Waals surface area contributed by atoms with E-state index in [-0.39, 0.29) is 17.1 Å². The van der Waals surface area contributed by atoms with Gasteiger partial charge in [0.15, 0.2) is 18.1 Å². The summed E-state index contributed by atoms with van der Waals surface area (Å²) in [5.41, 5.74) is 1.33. The Labute approximate surface area is 170 Å². The summed E-state index contributed by atoms with van der Waals surface area (Å²) in [5.74, 6) is -1.13. The van der Waals surface area contributed by atoms with Crippen molar-refractivity contribution in [3.63, 3.8) is 0 Å². The number of hydrogen-bond donors (Lipinski definition) is 2. The number of carboxylic acid groups (broad SMARTS) is 1. The summed E-state index contributed by atoms with van der Waals surface area (Å²) >= 11 is 3.33. The average molecular weight is 445 g/mol. The molecule has 2 aromatic carbocycles. The van der Waals surface area contributed by atoms with Gasteiger partial charge in [-0.15, -0.1) is 0 Å². The summed E-state index contributed by atoms with van der Waals surface area (Å²) in [5, 5.41) is 20.8. The van der Waals surface area contributed by atoms with Crippen molar-refractivity contribution in [2.75, 3.05) is 13.7 Å². The van der Waals surface area contributed by atoms with Crippen molar-refractivity contribution >= 4 is 33.9 Å². The third-order valence-electron chi connectivity index (χ3n) is 3.59. The molecule has 144 valence electrons. The van der Waals surface area contributed by atoms with Crippen LogP contribution in [-0.2, 0) is 16.1 Å². The summed E-state index contributed by atoms with van der Waals surface area (Å²) in [6, 6.07) is 14.3. The number of aliphatic carboxylic acids is 1. The van der Waals surface area contributed by atoms with E-state index in [1.165, 1.54) is 19.3 Å². The molecule has 0 heterocycles. The molecular formula is C20H17BrN2O5. The van der Waals surface area contributed by atoms with Gasteiger partial charge in [-0.25, -0.2) is 4.79 Å². The number of nitrogens with zero attached hydrogens (tertiary/aromatic N) is 1. The minimum atomic E-state index is -1.12. The smallest absolute Gasteiger partial charge is 0.341 e. The van der Waals surface area contributed by atoms with E-state index in [2.05, 4.69) is 21.2 Å². The molecular weight excluding hydrogens is 428 g/mol. The number of nitrogens with one attached hydrogen (secondary N) is 1. The third kappa shape index (κ3) is 5.86. The van der Waals surface area contributed by atoms with Crippen LogP contribution in [-0.4, -0.2) is 30.7 Å². The topological polar surface area (TPSA) is 109 Å². The van der Waals surface area contributed by atoms with E-state index >= 15 is 0 Å². The minimum Gasteiger partial charge on any atom is -0.493 e. The van der Waals surface area contributed by atoms with Crippen LogP contribution < -0.4 is 14.8 Å². The highest BCUT2D eigenvalue weighted by Crippen LogP contribution is 2.34. The van der Waals surface area contributed by atoms with E-state index in [1.54, 1.807) is 6.07 Å². The second-order valence-corrected chi connectivity index (χ2v) is 6.40. The average Bonchev–Trinajstić information content (AvgIpc) is 2.70. The van der Waals surface area contributed by atoms with Crippen LogP contribution in [0.5, 0.6) is 11.5 Å². The molecule has 0 aliphatic heterocycles. The Kier molecular flexibility index (Phi) is 7.60. The molecule has 2 aromatic rings. The molecule has 1 amide bonds. The summed E-state index contributed by atoms with van der Waals surface area (Å²) in [4.78, 5) is 23.0. The van der Waals surface area contributed by atoms with Crippen LogP contribution in [0.1, 0.15) is 11.1 Å². The van der Waals surface area contributed by atoms with Gasteiger partial charge >= 0.3 is 5.97 Å². The number of amides is 1. The normalized spacial score (nSPS) is 10.7. The summed E-state index contributed by atoms with van der Waals surface area (Å²) in [7, 11) is 1.40. The van der Waals surface area contributed by atoms with Gasteiger partial charge in [0.1, 0.15) is 11.6 Å². The maximum atomic E-state index is 12.3. The van der Waals surface area contributed by atoms with Crippen LogP contribution in [0.25, 0.3) is 6.08 Å². The van der Waals surface area contributed by atoms with Gasteiger partial charge in [0.05, 0.1) is 7.11 Å². The van der Waals surface area contributed by atoms with Crippen molar-refractivity contribution in [3.05, 3.63) is 63.6 Å². The Morgan fingerprint density at radius 2 is 1.96 bits per heavy atom. The van der Waals surface area contributed by atoms with Gasteiger partial charge in [0, 0.05) is 11.0 Å². The van der Waals surface area contributed by atoms with Crippen molar-refractivity contribution in [2.24, 2.45) is 0 Å². The highest BCUT2D eigenvalue weighted by molar-refractivity contribution is 9.10. The van der Waals surface area contributed by atoms with E-state index in [1.807, 2.05) is 36.4 Å². The molecule has 2 rings (SSSR count). The van der Waals surface area contributed by atoms with Gasteiger partial charge in [-0.05, 0) is 29.3 Å². The van der Waals surface area contributed by atoms with Gasteiger partial charge < -0.3 is 19.9 Å². The fourth-order valence-electron chi connectivity index (χ4n) is 2.25. The first-order valence-electron chi connectivity index (χ1n) is 8.10. The van der Waals surface area contributed by atoms with Gasteiger partial charge in [-0.2, -0.15) is 5.26 Å². The van der Waals surface area contributed by atoms with Crippen molar-refractivity contribution in [3.8, 4) is 17.6 Å². The number of hydrogen-bond acceptors (Lipinski definition) is 5. The van der Waals surface area contributed by atoms with Crippen LogP contribution in [0, 0.1) is 11.3 Å². The third-order valence-corrected chi connectivity index (χ3v) is 4.28. The molecule has 0 atom stereocenters. The second-order valence-electron chi connectivity index (χ2n) is 5.55. The van der Waals surface area contributed by atoms with Crippen molar-refractivity contribution < 1.29 is 24.2 Å².